The van der Waals surface area contributed by atoms with E-state index in [2.05, 4.69) is 20.8 Å². The van der Waals surface area contributed by atoms with Gasteiger partial charge in [0.1, 0.15) is 6.79 Å². The van der Waals surface area contributed by atoms with E-state index in [1.807, 2.05) is 0 Å². The lowest BCUT2D eigenvalue weighted by molar-refractivity contribution is -0.205. The molecule has 1 saturated heterocycles. The van der Waals surface area contributed by atoms with Gasteiger partial charge in [-0.05, 0) is 20.8 Å². The Bertz CT molecular complexity index is 99.1. The summed E-state index contributed by atoms with van der Waals surface area (Å²) in [5.41, 5.74) is 0.0255. The van der Waals surface area contributed by atoms with E-state index in [1.165, 1.54) is 0 Å². The van der Waals surface area contributed by atoms with Crippen LogP contribution in [0.4, 0.5) is 0 Å². The largest absolute Gasteiger partial charge is 0.352 e. The maximum absolute atomic E-state index is 5.31. The first-order valence-electron chi connectivity index (χ1n) is 3.36. The highest BCUT2D eigenvalue weighted by Gasteiger charge is 2.26. The summed E-state index contributed by atoms with van der Waals surface area (Å²) in [5, 5.41) is 0. The lowest BCUT2D eigenvalue weighted by Crippen LogP contribution is -2.36. The number of hydrogen-bond acceptors (Lipinski definition) is 2. The van der Waals surface area contributed by atoms with Gasteiger partial charge in [0.25, 0.3) is 0 Å². The second-order valence-corrected chi connectivity index (χ2v) is 3.20. The van der Waals surface area contributed by atoms with Gasteiger partial charge in [0.05, 0.1) is 11.7 Å². The van der Waals surface area contributed by atoms with Gasteiger partial charge < -0.3 is 9.47 Å². The molecular formula is C7H14O2. The van der Waals surface area contributed by atoms with Gasteiger partial charge >= 0.3 is 0 Å². The van der Waals surface area contributed by atoms with E-state index in [4.69, 9.17) is 9.47 Å². The van der Waals surface area contributed by atoms with Crippen LogP contribution >= 0.6 is 0 Å². The van der Waals surface area contributed by atoms with Gasteiger partial charge in [-0.3, -0.25) is 0 Å². The summed E-state index contributed by atoms with van der Waals surface area (Å²) in [7, 11) is 0. The molecule has 0 N–H and O–H groups in total. The fourth-order valence-electron chi connectivity index (χ4n) is 1.12. The highest BCUT2D eigenvalue weighted by Crippen LogP contribution is 2.22. The van der Waals surface area contributed by atoms with Crippen LogP contribution in [-0.2, 0) is 9.47 Å². The van der Waals surface area contributed by atoms with Gasteiger partial charge in [-0.2, -0.15) is 0 Å². The Labute approximate surface area is 56.2 Å². The maximum Gasteiger partial charge on any atom is 0.147 e. The van der Waals surface area contributed by atoms with Gasteiger partial charge in [-0.15, -0.1) is 0 Å². The van der Waals surface area contributed by atoms with E-state index in [9.17, 15) is 0 Å². The molecule has 0 aromatic rings. The summed E-state index contributed by atoms with van der Waals surface area (Å²) in [6.07, 6.45) is 1.35. The van der Waals surface area contributed by atoms with Gasteiger partial charge in [0.2, 0.25) is 0 Å². The van der Waals surface area contributed by atoms with Crippen molar-refractivity contribution in [3.8, 4) is 0 Å². The summed E-state index contributed by atoms with van der Waals surface area (Å²) in [4.78, 5) is 0. The van der Waals surface area contributed by atoms with E-state index in [0.29, 0.717) is 12.9 Å². The molecule has 9 heavy (non-hydrogen) atoms. The SMILES string of the molecule is CC1CC(C)(C)OCO1. The predicted octanol–water partition coefficient (Wildman–Crippen LogP) is 1.55. The Kier molecular flexibility index (Phi) is 1.78. The molecule has 2 heteroatoms. The molecule has 1 unspecified atom stereocenters. The molecular weight excluding hydrogens is 116 g/mol. The van der Waals surface area contributed by atoms with Crippen molar-refractivity contribution in [3.05, 3.63) is 0 Å². The van der Waals surface area contributed by atoms with Crippen molar-refractivity contribution >= 4 is 0 Å². The zero-order valence-electron chi connectivity index (χ0n) is 6.31. The van der Waals surface area contributed by atoms with Gasteiger partial charge in [0, 0.05) is 6.42 Å². The third kappa shape index (κ3) is 1.95. The maximum atomic E-state index is 5.31. The molecule has 0 saturated carbocycles. The van der Waals surface area contributed by atoms with E-state index >= 15 is 0 Å². The molecule has 0 radical (unpaired) electrons. The number of rotatable bonds is 0. The minimum absolute atomic E-state index is 0.0255. The normalized spacial score (nSPS) is 34.3. The van der Waals surface area contributed by atoms with Crippen molar-refractivity contribution in [2.75, 3.05) is 6.79 Å². The molecule has 0 spiro atoms. The molecule has 1 rings (SSSR count). The number of hydrogen-bond donors (Lipinski definition) is 0. The molecule has 1 aliphatic rings. The first kappa shape index (κ1) is 7.03. The third-order valence-corrected chi connectivity index (χ3v) is 1.58. The van der Waals surface area contributed by atoms with E-state index < -0.39 is 0 Å². The van der Waals surface area contributed by atoms with Crippen LogP contribution in [0.25, 0.3) is 0 Å². The van der Waals surface area contributed by atoms with Crippen LogP contribution in [0.5, 0.6) is 0 Å². The molecule has 1 fully saturated rings. The molecule has 0 aromatic carbocycles. The first-order valence-corrected chi connectivity index (χ1v) is 3.36. The summed E-state index contributed by atoms with van der Waals surface area (Å²) in [6.45, 7) is 6.70. The van der Waals surface area contributed by atoms with Crippen LogP contribution in [0.3, 0.4) is 0 Å². The van der Waals surface area contributed by atoms with Crippen LogP contribution in [-0.4, -0.2) is 18.5 Å². The van der Waals surface area contributed by atoms with Crippen LogP contribution in [0, 0.1) is 0 Å². The smallest absolute Gasteiger partial charge is 0.147 e. The lowest BCUT2D eigenvalue weighted by Gasteiger charge is -2.33. The molecule has 1 atom stereocenters. The molecule has 1 aliphatic heterocycles. The molecule has 54 valence electrons. The molecule has 0 aliphatic carbocycles. The summed E-state index contributed by atoms with van der Waals surface area (Å²) in [6, 6.07) is 0. The van der Waals surface area contributed by atoms with Crippen LogP contribution in [0.15, 0.2) is 0 Å². The predicted molar refractivity (Wildman–Crippen MR) is 35.2 cm³/mol. The van der Waals surface area contributed by atoms with E-state index in [0.717, 1.165) is 6.42 Å². The Hall–Kier alpha value is -0.0800. The van der Waals surface area contributed by atoms with Crippen molar-refractivity contribution in [1.82, 2.24) is 0 Å². The zero-order chi connectivity index (χ0) is 6.91. The molecule has 0 bridgehead atoms. The van der Waals surface area contributed by atoms with Crippen molar-refractivity contribution in [1.29, 1.82) is 0 Å². The van der Waals surface area contributed by atoms with Crippen molar-refractivity contribution in [3.63, 3.8) is 0 Å². The summed E-state index contributed by atoms with van der Waals surface area (Å²) >= 11 is 0. The highest BCUT2D eigenvalue weighted by atomic mass is 16.7. The van der Waals surface area contributed by atoms with Gasteiger partial charge in [0.15, 0.2) is 0 Å². The second-order valence-electron chi connectivity index (χ2n) is 3.20. The second kappa shape index (κ2) is 2.27. The standard InChI is InChI=1S/C7H14O2/c1-6-4-7(2,3)9-5-8-6/h6H,4-5H2,1-3H3. The van der Waals surface area contributed by atoms with Crippen LogP contribution < -0.4 is 0 Å². The van der Waals surface area contributed by atoms with Gasteiger partial charge in [-0.25, -0.2) is 0 Å². The quantitative estimate of drug-likeness (QED) is 0.495. The van der Waals surface area contributed by atoms with Crippen molar-refractivity contribution < 1.29 is 9.47 Å². The fourth-order valence-corrected chi connectivity index (χ4v) is 1.12. The summed E-state index contributed by atoms with van der Waals surface area (Å²) < 4.78 is 10.5. The Morgan fingerprint density at radius 3 is 2.44 bits per heavy atom. The average molecular weight is 130 g/mol. The Balaban J connectivity index is 2.41. The first-order chi connectivity index (χ1) is 4.10. The van der Waals surface area contributed by atoms with Crippen LogP contribution in [0.2, 0.25) is 0 Å². The van der Waals surface area contributed by atoms with Crippen molar-refractivity contribution in [2.45, 2.75) is 38.9 Å². The lowest BCUT2D eigenvalue weighted by atomic mass is 10.0. The van der Waals surface area contributed by atoms with Crippen molar-refractivity contribution in [2.24, 2.45) is 0 Å². The van der Waals surface area contributed by atoms with E-state index in [1.54, 1.807) is 0 Å². The topological polar surface area (TPSA) is 18.5 Å². The molecule has 0 amide bonds. The monoisotopic (exact) mass is 130 g/mol. The number of ether oxygens (including phenoxy) is 2. The summed E-state index contributed by atoms with van der Waals surface area (Å²) in [5.74, 6) is 0. The zero-order valence-corrected chi connectivity index (χ0v) is 6.31. The molecule has 2 nitrogen and oxygen atoms in total. The highest BCUT2D eigenvalue weighted by molar-refractivity contribution is 4.73. The minimum Gasteiger partial charge on any atom is -0.352 e. The molecule has 0 aromatic heterocycles. The average Bonchev–Trinajstić information content (AvgIpc) is 1.60. The minimum atomic E-state index is 0.0255. The van der Waals surface area contributed by atoms with Gasteiger partial charge in [-0.1, -0.05) is 0 Å². The Morgan fingerprint density at radius 1 is 1.44 bits per heavy atom. The Morgan fingerprint density at radius 2 is 2.11 bits per heavy atom. The van der Waals surface area contributed by atoms with E-state index in [-0.39, 0.29) is 5.60 Å². The third-order valence-electron chi connectivity index (χ3n) is 1.58. The van der Waals surface area contributed by atoms with Crippen LogP contribution in [0.1, 0.15) is 27.2 Å². The fraction of sp³-hybridized carbons (Fsp3) is 1.00. The molecule has 1 heterocycles.